The standard InChI is InChI=1S/C14H12Cl2N2O2/c1-8-5-9(20-2)3-4-12(8)18-14(19)10-6-13(16)17-7-11(10)15/h3-7H,1-2H3,(H,18,19). The molecule has 20 heavy (non-hydrogen) atoms. The highest BCUT2D eigenvalue weighted by atomic mass is 35.5. The van der Waals surface area contributed by atoms with Crippen molar-refractivity contribution in [2.75, 3.05) is 12.4 Å². The Labute approximate surface area is 126 Å². The van der Waals surface area contributed by atoms with E-state index in [-0.39, 0.29) is 21.6 Å². The van der Waals surface area contributed by atoms with Crippen LogP contribution in [-0.4, -0.2) is 18.0 Å². The Morgan fingerprint density at radius 1 is 1.30 bits per heavy atom. The molecule has 0 aliphatic rings. The predicted octanol–water partition coefficient (Wildman–Crippen LogP) is 3.96. The highest BCUT2D eigenvalue weighted by Gasteiger charge is 2.13. The lowest BCUT2D eigenvalue weighted by Gasteiger charge is -2.10. The number of aryl methyl sites for hydroxylation is 1. The fraction of sp³-hybridized carbons (Fsp3) is 0.143. The summed E-state index contributed by atoms with van der Waals surface area (Å²) in [5.74, 6) is 0.387. The average molecular weight is 311 g/mol. The van der Waals surface area contributed by atoms with Crippen molar-refractivity contribution in [3.8, 4) is 5.75 Å². The van der Waals surface area contributed by atoms with E-state index < -0.39 is 0 Å². The third kappa shape index (κ3) is 3.21. The summed E-state index contributed by atoms with van der Waals surface area (Å²) in [6.07, 6.45) is 1.35. The minimum atomic E-state index is -0.340. The van der Waals surface area contributed by atoms with Gasteiger partial charge in [0.1, 0.15) is 10.9 Å². The molecule has 2 aromatic rings. The van der Waals surface area contributed by atoms with Crippen LogP contribution in [0.2, 0.25) is 10.2 Å². The molecule has 0 saturated heterocycles. The number of methoxy groups -OCH3 is 1. The van der Waals surface area contributed by atoms with Crippen molar-refractivity contribution in [1.29, 1.82) is 0 Å². The molecule has 0 atom stereocenters. The minimum Gasteiger partial charge on any atom is -0.497 e. The number of hydrogen-bond donors (Lipinski definition) is 1. The predicted molar refractivity (Wildman–Crippen MR) is 79.9 cm³/mol. The van der Waals surface area contributed by atoms with E-state index in [1.807, 2.05) is 13.0 Å². The lowest BCUT2D eigenvalue weighted by molar-refractivity contribution is 0.102. The molecule has 1 amide bonds. The number of carbonyl (C=O) groups is 1. The van der Waals surface area contributed by atoms with E-state index in [1.54, 1.807) is 19.2 Å². The van der Waals surface area contributed by atoms with E-state index in [2.05, 4.69) is 10.3 Å². The molecule has 0 aliphatic carbocycles. The zero-order valence-electron chi connectivity index (χ0n) is 10.9. The van der Waals surface area contributed by atoms with Crippen molar-refractivity contribution in [3.63, 3.8) is 0 Å². The third-order valence-corrected chi connectivity index (χ3v) is 3.26. The van der Waals surface area contributed by atoms with Gasteiger partial charge < -0.3 is 10.1 Å². The van der Waals surface area contributed by atoms with Gasteiger partial charge >= 0.3 is 0 Å². The van der Waals surface area contributed by atoms with Crippen LogP contribution in [0, 0.1) is 6.92 Å². The van der Waals surface area contributed by atoms with Gasteiger partial charge in [-0.1, -0.05) is 23.2 Å². The van der Waals surface area contributed by atoms with E-state index in [4.69, 9.17) is 27.9 Å². The molecule has 6 heteroatoms. The quantitative estimate of drug-likeness (QED) is 0.873. The van der Waals surface area contributed by atoms with Crippen molar-refractivity contribution < 1.29 is 9.53 Å². The largest absolute Gasteiger partial charge is 0.497 e. The molecular formula is C14H12Cl2N2O2. The Morgan fingerprint density at radius 3 is 2.70 bits per heavy atom. The van der Waals surface area contributed by atoms with Crippen LogP contribution >= 0.6 is 23.2 Å². The Morgan fingerprint density at radius 2 is 2.05 bits per heavy atom. The molecule has 104 valence electrons. The number of nitrogens with one attached hydrogen (secondary N) is 1. The number of nitrogens with zero attached hydrogens (tertiary/aromatic N) is 1. The van der Waals surface area contributed by atoms with E-state index in [0.29, 0.717) is 5.69 Å². The lowest BCUT2D eigenvalue weighted by atomic mass is 10.1. The van der Waals surface area contributed by atoms with Crippen LogP contribution in [0.25, 0.3) is 0 Å². The van der Waals surface area contributed by atoms with E-state index in [1.165, 1.54) is 12.3 Å². The van der Waals surface area contributed by atoms with Crippen LogP contribution < -0.4 is 10.1 Å². The maximum absolute atomic E-state index is 12.2. The minimum absolute atomic E-state index is 0.214. The number of carbonyl (C=O) groups excluding carboxylic acids is 1. The van der Waals surface area contributed by atoms with Crippen molar-refractivity contribution in [2.45, 2.75) is 6.92 Å². The number of benzene rings is 1. The second kappa shape index (κ2) is 6.11. The summed E-state index contributed by atoms with van der Waals surface area (Å²) in [5, 5.41) is 3.24. The van der Waals surface area contributed by atoms with Crippen LogP contribution in [0.1, 0.15) is 15.9 Å². The molecule has 0 fully saturated rings. The van der Waals surface area contributed by atoms with Crippen LogP contribution in [0.4, 0.5) is 5.69 Å². The Kier molecular flexibility index (Phi) is 4.47. The second-order valence-corrected chi connectivity index (χ2v) is 4.92. The number of ether oxygens (including phenoxy) is 1. The zero-order valence-corrected chi connectivity index (χ0v) is 12.4. The highest BCUT2D eigenvalue weighted by molar-refractivity contribution is 6.35. The summed E-state index contributed by atoms with van der Waals surface area (Å²) in [4.78, 5) is 16.0. The van der Waals surface area contributed by atoms with Gasteiger partial charge in [-0.2, -0.15) is 0 Å². The SMILES string of the molecule is COc1ccc(NC(=O)c2cc(Cl)ncc2Cl)c(C)c1. The van der Waals surface area contributed by atoms with Crippen LogP contribution in [0.3, 0.4) is 0 Å². The number of anilines is 1. The fourth-order valence-corrected chi connectivity index (χ4v) is 2.03. The van der Waals surface area contributed by atoms with Crippen molar-refractivity contribution in [1.82, 2.24) is 4.98 Å². The van der Waals surface area contributed by atoms with Gasteiger partial charge in [0.25, 0.3) is 5.91 Å². The zero-order chi connectivity index (χ0) is 14.7. The number of aromatic nitrogens is 1. The maximum Gasteiger partial charge on any atom is 0.257 e. The molecule has 1 aromatic heterocycles. The van der Waals surface area contributed by atoms with Gasteiger partial charge in [-0.05, 0) is 36.8 Å². The molecule has 0 unspecified atom stereocenters. The molecule has 0 spiro atoms. The molecule has 1 N–H and O–H groups in total. The van der Waals surface area contributed by atoms with E-state index in [9.17, 15) is 4.79 Å². The second-order valence-electron chi connectivity index (χ2n) is 4.12. The molecule has 0 bridgehead atoms. The Bertz CT molecular complexity index is 660. The van der Waals surface area contributed by atoms with Crippen LogP contribution in [0.5, 0.6) is 5.75 Å². The van der Waals surface area contributed by atoms with Gasteiger partial charge in [0.15, 0.2) is 0 Å². The first-order valence-electron chi connectivity index (χ1n) is 5.78. The highest BCUT2D eigenvalue weighted by Crippen LogP contribution is 2.23. The van der Waals surface area contributed by atoms with Crippen molar-refractivity contribution >= 4 is 34.8 Å². The fourth-order valence-electron chi connectivity index (χ4n) is 1.68. The van der Waals surface area contributed by atoms with Gasteiger partial charge in [-0.15, -0.1) is 0 Å². The van der Waals surface area contributed by atoms with Crippen LogP contribution in [-0.2, 0) is 0 Å². The number of pyridine rings is 1. The summed E-state index contributed by atoms with van der Waals surface area (Å²) in [5.41, 5.74) is 1.84. The number of rotatable bonds is 3. The van der Waals surface area contributed by atoms with Crippen molar-refractivity contribution in [3.05, 3.63) is 51.8 Å². The molecule has 1 heterocycles. The van der Waals surface area contributed by atoms with E-state index >= 15 is 0 Å². The summed E-state index contributed by atoms with van der Waals surface area (Å²) in [6.45, 7) is 1.87. The molecule has 4 nitrogen and oxygen atoms in total. The number of halogens is 2. The summed E-state index contributed by atoms with van der Waals surface area (Å²) in [6, 6.07) is 6.79. The Hall–Kier alpha value is -1.78. The third-order valence-electron chi connectivity index (χ3n) is 2.75. The molecule has 0 saturated carbocycles. The monoisotopic (exact) mass is 310 g/mol. The summed E-state index contributed by atoms with van der Waals surface area (Å²) < 4.78 is 5.11. The molecule has 0 radical (unpaired) electrons. The average Bonchev–Trinajstić information content (AvgIpc) is 2.43. The van der Waals surface area contributed by atoms with Gasteiger partial charge in [0.2, 0.25) is 0 Å². The Balaban J connectivity index is 2.25. The maximum atomic E-state index is 12.2. The van der Waals surface area contributed by atoms with Crippen molar-refractivity contribution in [2.24, 2.45) is 0 Å². The number of hydrogen-bond acceptors (Lipinski definition) is 3. The first kappa shape index (κ1) is 14.6. The first-order chi connectivity index (χ1) is 9.51. The topological polar surface area (TPSA) is 51.2 Å². The van der Waals surface area contributed by atoms with E-state index in [0.717, 1.165) is 11.3 Å². The summed E-state index contributed by atoms with van der Waals surface area (Å²) in [7, 11) is 1.59. The van der Waals surface area contributed by atoms with Crippen LogP contribution in [0.15, 0.2) is 30.5 Å². The number of amides is 1. The molecule has 2 rings (SSSR count). The lowest BCUT2D eigenvalue weighted by Crippen LogP contribution is -2.13. The summed E-state index contributed by atoms with van der Waals surface area (Å²) >= 11 is 11.7. The first-order valence-corrected chi connectivity index (χ1v) is 6.54. The van der Waals surface area contributed by atoms with Gasteiger partial charge in [0, 0.05) is 11.9 Å². The molecular weight excluding hydrogens is 299 g/mol. The normalized spacial score (nSPS) is 10.2. The molecule has 1 aromatic carbocycles. The smallest absolute Gasteiger partial charge is 0.257 e. The van der Waals surface area contributed by atoms with Gasteiger partial charge in [-0.25, -0.2) is 4.98 Å². The van der Waals surface area contributed by atoms with Gasteiger partial charge in [-0.3, -0.25) is 4.79 Å². The van der Waals surface area contributed by atoms with Gasteiger partial charge in [0.05, 0.1) is 17.7 Å². The molecule has 0 aliphatic heterocycles.